The van der Waals surface area contributed by atoms with Crippen molar-refractivity contribution in [2.45, 2.75) is 65.1 Å². The minimum atomic E-state index is 0. The molecule has 7 heteroatoms. The monoisotopic (exact) mass is 411 g/mol. The molecule has 0 aromatic heterocycles. The van der Waals surface area contributed by atoms with E-state index in [0.29, 0.717) is 30.5 Å². The SMILES string of the molecule is CC1CN(CCCCNC(=O)CC(C)C2CCNCC2)CC(C)O1.Cl.Cl. The summed E-state index contributed by atoms with van der Waals surface area (Å²) in [6.45, 7) is 12.7. The van der Waals surface area contributed by atoms with Crippen LogP contribution in [0, 0.1) is 11.8 Å². The van der Waals surface area contributed by atoms with E-state index in [9.17, 15) is 4.79 Å². The first-order valence-electron chi connectivity index (χ1n) is 9.90. The fourth-order valence-electron chi connectivity index (χ4n) is 4.10. The number of amides is 1. The van der Waals surface area contributed by atoms with Gasteiger partial charge in [-0.15, -0.1) is 24.8 Å². The van der Waals surface area contributed by atoms with Crippen molar-refractivity contribution < 1.29 is 9.53 Å². The second kappa shape index (κ2) is 14.0. The van der Waals surface area contributed by atoms with E-state index in [0.717, 1.165) is 52.1 Å². The third kappa shape index (κ3) is 9.75. The fourth-order valence-corrected chi connectivity index (χ4v) is 4.10. The second-order valence-electron chi connectivity index (χ2n) is 7.84. The van der Waals surface area contributed by atoms with Gasteiger partial charge >= 0.3 is 0 Å². The van der Waals surface area contributed by atoms with Crippen LogP contribution in [0.2, 0.25) is 0 Å². The van der Waals surface area contributed by atoms with Gasteiger partial charge in [0.1, 0.15) is 0 Å². The third-order valence-corrected chi connectivity index (χ3v) is 5.41. The summed E-state index contributed by atoms with van der Waals surface area (Å²) in [7, 11) is 0. The molecule has 0 radical (unpaired) electrons. The Balaban J connectivity index is 0.00000312. The largest absolute Gasteiger partial charge is 0.373 e. The molecule has 2 saturated heterocycles. The van der Waals surface area contributed by atoms with E-state index in [4.69, 9.17) is 4.74 Å². The third-order valence-electron chi connectivity index (χ3n) is 5.41. The number of carbonyl (C=O) groups is 1. The first-order chi connectivity index (χ1) is 11.5. The predicted octanol–water partition coefficient (Wildman–Crippen LogP) is 2.86. The molecule has 0 aromatic carbocycles. The number of hydrogen-bond acceptors (Lipinski definition) is 4. The molecule has 3 atom stereocenters. The second-order valence-corrected chi connectivity index (χ2v) is 7.84. The molecule has 0 spiro atoms. The first kappa shape index (κ1) is 25.9. The lowest BCUT2D eigenvalue weighted by molar-refractivity contribution is -0.122. The van der Waals surface area contributed by atoms with Crippen molar-refractivity contribution >= 4 is 30.7 Å². The number of morpholine rings is 1. The minimum absolute atomic E-state index is 0. The Morgan fingerprint density at radius 3 is 2.38 bits per heavy atom. The summed E-state index contributed by atoms with van der Waals surface area (Å²) in [5, 5.41) is 6.50. The van der Waals surface area contributed by atoms with Crippen molar-refractivity contribution in [1.29, 1.82) is 0 Å². The molecule has 2 rings (SSSR count). The molecule has 0 aliphatic carbocycles. The lowest BCUT2D eigenvalue weighted by Gasteiger charge is -2.35. The quantitative estimate of drug-likeness (QED) is 0.602. The maximum absolute atomic E-state index is 12.1. The van der Waals surface area contributed by atoms with E-state index in [1.165, 1.54) is 12.8 Å². The number of carbonyl (C=O) groups excluding carboxylic acids is 1. The molecule has 156 valence electrons. The van der Waals surface area contributed by atoms with Crippen LogP contribution in [0.15, 0.2) is 0 Å². The highest BCUT2D eigenvalue weighted by Crippen LogP contribution is 2.24. The molecule has 2 heterocycles. The molecule has 2 fully saturated rings. The van der Waals surface area contributed by atoms with E-state index < -0.39 is 0 Å². The van der Waals surface area contributed by atoms with Crippen LogP contribution in [0.1, 0.15) is 52.9 Å². The van der Waals surface area contributed by atoms with Gasteiger partial charge in [-0.25, -0.2) is 0 Å². The molecule has 3 unspecified atom stereocenters. The number of nitrogens with zero attached hydrogens (tertiary/aromatic N) is 1. The summed E-state index contributed by atoms with van der Waals surface area (Å²) < 4.78 is 5.76. The first-order valence-corrected chi connectivity index (χ1v) is 9.90. The summed E-state index contributed by atoms with van der Waals surface area (Å²) >= 11 is 0. The summed E-state index contributed by atoms with van der Waals surface area (Å²) in [5.74, 6) is 1.44. The zero-order valence-corrected chi connectivity index (χ0v) is 18.3. The lowest BCUT2D eigenvalue weighted by Crippen LogP contribution is -2.45. The van der Waals surface area contributed by atoms with E-state index in [2.05, 4.69) is 36.3 Å². The van der Waals surface area contributed by atoms with Crippen molar-refractivity contribution in [3.8, 4) is 0 Å². The average molecular weight is 412 g/mol. The summed E-state index contributed by atoms with van der Waals surface area (Å²) in [4.78, 5) is 14.6. The van der Waals surface area contributed by atoms with Crippen molar-refractivity contribution in [2.24, 2.45) is 11.8 Å². The van der Waals surface area contributed by atoms with Crippen LogP contribution in [0.3, 0.4) is 0 Å². The van der Waals surface area contributed by atoms with Crippen molar-refractivity contribution in [3.63, 3.8) is 0 Å². The van der Waals surface area contributed by atoms with Gasteiger partial charge in [-0.3, -0.25) is 9.69 Å². The Bertz CT molecular complexity index is 372. The topological polar surface area (TPSA) is 53.6 Å². The molecular weight excluding hydrogens is 373 g/mol. The van der Waals surface area contributed by atoms with Gasteiger partial charge in [0.05, 0.1) is 12.2 Å². The highest BCUT2D eigenvalue weighted by atomic mass is 35.5. The molecule has 1 amide bonds. The molecule has 5 nitrogen and oxygen atoms in total. The number of unbranched alkanes of at least 4 members (excludes halogenated alkanes) is 1. The maximum atomic E-state index is 12.1. The molecular formula is C19H39Cl2N3O2. The Morgan fingerprint density at radius 2 is 1.77 bits per heavy atom. The van der Waals surface area contributed by atoms with E-state index in [1.54, 1.807) is 0 Å². The van der Waals surface area contributed by atoms with Gasteiger partial charge < -0.3 is 15.4 Å². The van der Waals surface area contributed by atoms with Gasteiger partial charge in [-0.2, -0.15) is 0 Å². The van der Waals surface area contributed by atoms with Gasteiger partial charge in [0.2, 0.25) is 5.91 Å². The summed E-state index contributed by atoms with van der Waals surface area (Å²) in [5.41, 5.74) is 0. The van der Waals surface area contributed by atoms with E-state index >= 15 is 0 Å². The van der Waals surface area contributed by atoms with Crippen LogP contribution in [-0.4, -0.2) is 62.3 Å². The van der Waals surface area contributed by atoms with E-state index in [1.807, 2.05) is 0 Å². The Hall–Kier alpha value is -0.0700. The van der Waals surface area contributed by atoms with Gasteiger partial charge in [0.15, 0.2) is 0 Å². The van der Waals surface area contributed by atoms with Crippen molar-refractivity contribution in [1.82, 2.24) is 15.5 Å². The van der Waals surface area contributed by atoms with Crippen LogP contribution in [0.4, 0.5) is 0 Å². The van der Waals surface area contributed by atoms with Crippen LogP contribution in [-0.2, 0) is 9.53 Å². The highest BCUT2D eigenvalue weighted by Gasteiger charge is 2.22. The van der Waals surface area contributed by atoms with Crippen molar-refractivity contribution in [3.05, 3.63) is 0 Å². The van der Waals surface area contributed by atoms with E-state index in [-0.39, 0.29) is 30.7 Å². The van der Waals surface area contributed by atoms with Crippen LogP contribution in [0.25, 0.3) is 0 Å². The molecule has 26 heavy (non-hydrogen) atoms. The zero-order valence-electron chi connectivity index (χ0n) is 16.7. The smallest absolute Gasteiger partial charge is 0.220 e. The number of nitrogens with one attached hydrogen (secondary N) is 2. The van der Waals surface area contributed by atoms with Gasteiger partial charge in [-0.1, -0.05) is 6.92 Å². The molecule has 2 aliphatic heterocycles. The molecule has 0 bridgehead atoms. The number of rotatable bonds is 8. The number of halogens is 2. The number of ether oxygens (including phenoxy) is 1. The Labute approximate surface area is 172 Å². The summed E-state index contributed by atoms with van der Waals surface area (Å²) in [6, 6.07) is 0. The lowest BCUT2D eigenvalue weighted by atomic mass is 9.84. The average Bonchev–Trinajstić information content (AvgIpc) is 2.54. The van der Waals surface area contributed by atoms with Gasteiger partial charge in [0, 0.05) is 26.1 Å². The molecule has 2 aliphatic rings. The number of hydrogen-bond donors (Lipinski definition) is 2. The van der Waals surface area contributed by atoms with Gasteiger partial charge in [0.25, 0.3) is 0 Å². The van der Waals surface area contributed by atoms with Crippen LogP contribution in [0.5, 0.6) is 0 Å². The van der Waals surface area contributed by atoms with Crippen LogP contribution < -0.4 is 10.6 Å². The molecule has 0 aromatic rings. The predicted molar refractivity (Wildman–Crippen MR) is 113 cm³/mol. The minimum Gasteiger partial charge on any atom is -0.373 e. The summed E-state index contributed by atoms with van der Waals surface area (Å²) in [6.07, 6.45) is 5.99. The molecule has 0 saturated carbocycles. The Kier molecular flexibility index (Phi) is 14.0. The van der Waals surface area contributed by atoms with Crippen LogP contribution >= 0.6 is 24.8 Å². The maximum Gasteiger partial charge on any atom is 0.220 e. The van der Waals surface area contributed by atoms with Gasteiger partial charge in [-0.05, 0) is 71.0 Å². The zero-order chi connectivity index (χ0) is 17.4. The number of piperidine rings is 1. The normalized spacial score (nSPS) is 25.7. The van der Waals surface area contributed by atoms with Crippen molar-refractivity contribution in [2.75, 3.05) is 39.3 Å². The fraction of sp³-hybridized carbons (Fsp3) is 0.947. The Morgan fingerprint density at radius 1 is 1.15 bits per heavy atom. The standard InChI is InChI=1S/C19H37N3O2.2ClH/c1-15(18-6-9-20-10-7-18)12-19(23)21-8-4-5-11-22-13-16(2)24-17(3)14-22;;/h15-18,20H,4-14H2,1-3H3,(H,21,23);2*1H. The molecule has 2 N–H and O–H groups in total. The highest BCUT2D eigenvalue weighted by molar-refractivity contribution is 5.85.